The van der Waals surface area contributed by atoms with E-state index in [-0.39, 0.29) is 0 Å². The molecule has 2 aliphatic heterocycles. The van der Waals surface area contributed by atoms with Gasteiger partial charge in [-0.1, -0.05) is 152 Å². The summed E-state index contributed by atoms with van der Waals surface area (Å²) in [4.78, 5) is 0. The maximum atomic E-state index is 2.57. The van der Waals surface area contributed by atoms with E-state index in [1.54, 1.807) is 0 Å². The minimum Gasteiger partial charge on any atom is -0.308 e. The van der Waals surface area contributed by atoms with Crippen LogP contribution in [0.15, 0.2) is 188 Å². The van der Waals surface area contributed by atoms with Crippen molar-refractivity contribution in [3.05, 3.63) is 188 Å². The second-order valence-corrected chi connectivity index (χ2v) is 20.6. The van der Waals surface area contributed by atoms with Crippen molar-refractivity contribution in [1.82, 2.24) is 4.40 Å². The van der Waals surface area contributed by atoms with Crippen LogP contribution in [-0.4, -0.2) is 12.5 Å². The van der Waals surface area contributed by atoms with Gasteiger partial charge >= 0.3 is 0 Å². The van der Waals surface area contributed by atoms with E-state index in [0.717, 1.165) is 0 Å². The third-order valence-electron chi connectivity index (χ3n) is 13.4. The normalized spacial score (nSPS) is 13.8. The van der Waals surface area contributed by atoms with Gasteiger partial charge in [0.15, 0.2) is 8.07 Å². The van der Waals surface area contributed by atoms with E-state index < -0.39 is 8.07 Å². The lowest BCUT2D eigenvalue weighted by Crippen LogP contribution is -2.70. The number of benzene rings is 9. The van der Waals surface area contributed by atoms with Crippen molar-refractivity contribution in [2.24, 2.45) is 0 Å². The van der Waals surface area contributed by atoms with Gasteiger partial charge in [-0.2, -0.15) is 0 Å². The smallest absolute Gasteiger partial charge is 0.182 e. The standard InChI is InChI=1S/C54H31NSSi/c1-2-13-35-34(12-1)36-14-3-7-19-44(36)55-45-27-24-32(30-42(45)41-26-28-47-53(54(41)55)52-40(35)18-11-20-46(52)56-47)33-25-29-51-43(31-33)39-17-6-10-23-50(39)57(51)48-21-8-4-15-37(48)38-16-5-9-22-49(38)57/h1-31H. The summed E-state index contributed by atoms with van der Waals surface area (Å²) < 4.78 is 5.23. The van der Waals surface area contributed by atoms with Gasteiger partial charge in [-0.3, -0.25) is 0 Å². The van der Waals surface area contributed by atoms with Crippen LogP contribution in [0.3, 0.4) is 0 Å². The van der Waals surface area contributed by atoms with Crippen LogP contribution in [0.4, 0.5) is 0 Å². The van der Waals surface area contributed by atoms with Crippen LogP contribution < -0.4 is 20.7 Å². The first-order valence-corrected chi connectivity index (χ1v) is 22.7. The number of aromatic nitrogens is 1. The molecule has 0 saturated carbocycles. The number of fused-ring (bicyclic) bond motifs is 18. The second kappa shape index (κ2) is 10.7. The second-order valence-electron chi connectivity index (χ2n) is 15.9. The molecular weight excluding hydrogens is 723 g/mol. The maximum Gasteiger partial charge on any atom is 0.182 e. The van der Waals surface area contributed by atoms with Crippen LogP contribution in [0.2, 0.25) is 0 Å². The Morgan fingerprint density at radius 2 is 0.877 bits per heavy atom. The monoisotopic (exact) mass is 753 g/mol. The summed E-state index contributed by atoms with van der Waals surface area (Å²) in [6.07, 6.45) is 0. The van der Waals surface area contributed by atoms with Crippen LogP contribution >= 0.6 is 11.3 Å². The van der Waals surface area contributed by atoms with E-state index in [0.29, 0.717) is 0 Å². The molecule has 2 aliphatic rings. The summed E-state index contributed by atoms with van der Waals surface area (Å²) >= 11 is 1.91. The molecule has 14 rings (SSSR count). The molecule has 57 heavy (non-hydrogen) atoms. The van der Waals surface area contributed by atoms with Gasteiger partial charge in [0.1, 0.15) is 0 Å². The van der Waals surface area contributed by atoms with Gasteiger partial charge in [-0.25, -0.2) is 0 Å². The highest BCUT2D eigenvalue weighted by Gasteiger charge is 2.53. The number of rotatable bonds is 1. The van der Waals surface area contributed by atoms with Gasteiger partial charge in [0.25, 0.3) is 0 Å². The Balaban J connectivity index is 1.08. The lowest BCUT2D eigenvalue weighted by Gasteiger charge is -2.27. The van der Waals surface area contributed by atoms with Crippen molar-refractivity contribution in [2.75, 3.05) is 0 Å². The zero-order valence-corrected chi connectivity index (χ0v) is 32.6. The Hall–Kier alpha value is -6.78. The molecule has 0 radical (unpaired) electrons. The van der Waals surface area contributed by atoms with E-state index in [1.165, 1.54) is 123 Å². The van der Waals surface area contributed by atoms with E-state index in [2.05, 4.69) is 192 Å². The molecule has 5 heterocycles. The Morgan fingerprint density at radius 3 is 1.63 bits per heavy atom. The van der Waals surface area contributed by atoms with Gasteiger partial charge in [0, 0.05) is 36.3 Å². The Labute approximate surface area is 333 Å². The molecule has 0 aliphatic carbocycles. The van der Waals surface area contributed by atoms with Crippen molar-refractivity contribution in [3.8, 4) is 33.4 Å². The van der Waals surface area contributed by atoms with Gasteiger partial charge in [0.2, 0.25) is 0 Å². The van der Waals surface area contributed by atoms with Gasteiger partial charge < -0.3 is 4.40 Å². The van der Waals surface area contributed by atoms with E-state index in [9.17, 15) is 0 Å². The van der Waals surface area contributed by atoms with Crippen molar-refractivity contribution < 1.29 is 0 Å². The fraction of sp³-hybridized carbons (Fsp3) is 0. The average molecular weight is 754 g/mol. The summed E-state index contributed by atoms with van der Waals surface area (Å²) in [5.74, 6) is 0. The Kier molecular flexibility index (Phi) is 5.74. The summed E-state index contributed by atoms with van der Waals surface area (Å²) in [6, 6.07) is 71.9. The highest BCUT2D eigenvalue weighted by molar-refractivity contribution is 7.26. The number of nitrogens with zero attached hydrogens (tertiary/aromatic N) is 1. The molecule has 1 spiro atoms. The molecule has 3 aromatic heterocycles. The minimum absolute atomic E-state index is 1.22. The predicted molar refractivity (Wildman–Crippen MR) is 247 cm³/mol. The molecular formula is C54H31NSSi. The molecule has 0 unspecified atom stereocenters. The van der Waals surface area contributed by atoms with Gasteiger partial charge in [-0.05, 0) is 107 Å². The Bertz CT molecular complexity index is 3710. The zero-order chi connectivity index (χ0) is 37.0. The average Bonchev–Trinajstić information content (AvgIpc) is 4.00. The van der Waals surface area contributed by atoms with Crippen molar-refractivity contribution in [1.29, 1.82) is 0 Å². The van der Waals surface area contributed by atoms with Crippen LogP contribution in [0.1, 0.15) is 0 Å². The summed E-state index contributed by atoms with van der Waals surface area (Å²) in [5.41, 5.74) is 11.8. The third kappa shape index (κ3) is 3.66. The largest absolute Gasteiger partial charge is 0.308 e. The number of hydrogen-bond acceptors (Lipinski definition) is 1. The van der Waals surface area contributed by atoms with Gasteiger partial charge in [-0.15, -0.1) is 11.3 Å². The molecule has 9 aromatic carbocycles. The molecule has 3 heteroatoms. The number of para-hydroxylation sites is 1. The summed E-state index contributed by atoms with van der Waals surface area (Å²) in [6.45, 7) is 0. The molecule has 0 atom stereocenters. The third-order valence-corrected chi connectivity index (χ3v) is 19.5. The fourth-order valence-electron chi connectivity index (χ4n) is 11.2. The maximum absolute atomic E-state index is 2.57. The lowest BCUT2D eigenvalue weighted by molar-refractivity contribution is 1.36. The summed E-state index contributed by atoms with van der Waals surface area (Å²) in [5, 5.41) is 16.5. The molecule has 12 aromatic rings. The van der Waals surface area contributed by atoms with E-state index >= 15 is 0 Å². The van der Waals surface area contributed by atoms with Crippen LogP contribution in [-0.2, 0) is 0 Å². The molecule has 0 fully saturated rings. The molecule has 0 amide bonds. The molecule has 262 valence electrons. The molecule has 0 N–H and O–H groups in total. The van der Waals surface area contributed by atoms with E-state index in [4.69, 9.17) is 0 Å². The highest BCUT2D eigenvalue weighted by atomic mass is 32.1. The number of thiophene rings is 1. The fourth-order valence-corrected chi connectivity index (χ4v) is 17.9. The predicted octanol–water partition coefficient (Wildman–Crippen LogP) is 11.9. The quantitative estimate of drug-likeness (QED) is 0.147. The zero-order valence-electron chi connectivity index (χ0n) is 30.8. The topological polar surface area (TPSA) is 4.41 Å². The molecule has 1 nitrogen and oxygen atoms in total. The SMILES string of the molecule is c1ccc2c(c1)-c1ccccc1[Si]21c2ccccc2-c2cc(-c3ccc4c(c3)c3ccc5sc6cccc7c8ccccc8c8ccccc8n4c3c5c67)ccc21. The summed E-state index contributed by atoms with van der Waals surface area (Å²) in [7, 11) is -2.46. The van der Waals surface area contributed by atoms with Crippen LogP contribution in [0, 0.1) is 0 Å². The lowest BCUT2D eigenvalue weighted by atomic mass is 9.97. The van der Waals surface area contributed by atoms with Crippen molar-refractivity contribution >= 4 is 109 Å². The number of hydrogen-bond donors (Lipinski definition) is 0. The molecule has 0 bridgehead atoms. The van der Waals surface area contributed by atoms with Gasteiger partial charge in [0.05, 0.1) is 16.6 Å². The van der Waals surface area contributed by atoms with Crippen LogP contribution in [0.5, 0.6) is 0 Å². The minimum atomic E-state index is -2.46. The highest BCUT2D eigenvalue weighted by Crippen LogP contribution is 2.46. The van der Waals surface area contributed by atoms with Crippen molar-refractivity contribution in [2.45, 2.75) is 0 Å². The first kappa shape index (κ1) is 30.4. The van der Waals surface area contributed by atoms with Crippen molar-refractivity contribution in [3.63, 3.8) is 0 Å². The first-order chi connectivity index (χ1) is 28.3. The van der Waals surface area contributed by atoms with Crippen LogP contribution in [0.25, 0.3) is 102 Å². The Morgan fingerprint density at radius 1 is 0.333 bits per heavy atom. The molecule has 0 saturated heterocycles. The first-order valence-electron chi connectivity index (χ1n) is 19.8. The van der Waals surface area contributed by atoms with E-state index in [1.807, 2.05) is 11.3 Å².